The number of hydrogen-bond donors (Lipinski definition) is 1. The third kappa shape index (κ3) is 6.62. The number of rotatable bonds is 5. The van der Waals surface area contributed by atoms with Gasteiger partial charge in [-0.05, 0) is 24.2 Å². The Morgan fingerprint density at radius 2 is 1.92 bits per heavy atom. The van der Waals surface area contributed by atoms with Crippen molar-refractivity contribution < 1.29 is 4.79 Å². The molecule has 0 saturated heterocycles. The fourth-order valence-corrected chi connectivity index (χ4v) is 1.78. The Morgan fingerprint density at radius 1 is 1.38 bits per heavy atom. The molecule has 78 valence electrons. The van der Waals surface area contributed by atoms with Crippen LogP contribution in [0.5, 0.6) is 0 Å². The van der Waals surface area contributed by atoms with Gasteiger partial charge in [0.05, 0.1) is 0 Å². The molecule has 1 amide bonds. The molecule has 0 aliphatic heterocycles. The fraction of sp³-hybridized carbons (Fsp3) is 0.909. The molecule has 1 N–H and O–H groups in total. The molecule has 0 saturated carbocycles. The van der Waals surface area contributed by atoms with Gasteiger partial charge in [0, 0.05) is 13.5 Å². The lowest BCUT2D eigenvalue weighted by molar-refractivity contribution is -0.121. The summed E-state index contributed by atoms with van der Waals surface area (Å²) in [7, 11) is 1.69. The zero-order valence-corrected chi connectivity index (χ0v) is 9.61. The van der Waals surface area contributed by atoms with E-state index in [4.69, 9.17) is 0 Å². The summed E-state index contributed by atoms with van der Waals surface area (Å²) < 4.78 is 0. The second kappa shape index (κ2) is 5.25. The molecule has 0 spiro atoms. The maximum absolute atomic E-state index is 11.0. The van der Waals surface area contributed by atoms with Crippen LogP contribution in [0.1, 0.15) is 47.0 Å². The van der Waals surface area contributed by atoms with E-state index in [1.54, 1.807) is 7.05 Å². The highest BCUT2D eigenvalue weighted by Crippen LogP contribution is 2.30. The lowest BCUT2D eigenvalue weighted by Crippen LogP contribution is -2.22. The van der Waals surface area contributed by atoms with E-state index in [9.17, 15) is 4.79 Å². The van der Waals surface area contributed by atoms with Crippen molar-refractivity contribution in [3.05, 3.63) is 0 Å². The van der Waals surface area contributed by atoms with Crippen LogP contribution in [0.15, 0.2) is 0 Å². The molecular weight excluding hydrogens is 162 g/mol. The minimum absolute atomic E-state index is 0.150. The van der Waals surface area contributed by atoms with Crippen molar-refractivity contribution in [1.82, 2.24) is 5.32 Å². The largest absolute Gasteiger partial charge is 0.359 e. The molecule has 13 heavy (non-hydrogen) atoms. The lowest BCUT2D eigenvalue weighted by Gasteiger charge is -2.26. The smallest absolute Gasteiger partial charge is 0.219 e. The van der Waals surface area contributed by atoms with E-state index in [1.165, 1.54) is 6.42 Å². The fourth-order valence-electron chi connectivity index (χ4n) is 1.78. The summed E-state index contributed by atoms with van der Waals surface area (Å²) in [4.78, 5) is 11.0. The van der Waals surface area contributed by atoms with Crippen LogP contribution in [0.3, 0.4) is 0 Å². The molecule has 0 aromatic rings. The molecule has 0 heterocycles. The van der Waals surface area contributed by atoms with Gasteiger partial charge in [0.25, 0.3) is 0 Å². The van der Waals surface area contributed by atoms with E-state index in [2.05, 4.69) is 33.0 Å². The number of amides is 1. The van der Waals surface area contributed by atoms with Crippen molar-refractivity contribution in [2.45, 2.75) is 47.0 Å². The van der Waals surface area contributed by atoms with Crippen LogP contribution in [-0.4, -0.2) is 13.0 Å². The molecule has 0 aromatic carbocycles. The molecule has 0 fully saturated rings. The highest BCUT2D eigenvalue weighted by atomic mass is 16.1. The third-order valence-corrected chi connectivity index (χ3v) is 2.27. The molecule has 2 heteroatoms. The summed E-state index contributed by atoms with van der Waals surface area (Å²) in [5.74, 6) is 0.858. The first kappa shape index (κ1) is 12.5. The van der Waals surface area contributed by atoms with E-state index < -0.39 is 0 Å². The standard InChI is InChI=1S/C11H23NO/c1-9(2)8-11(3,4)7-6-10(13)12-5/h9H,6-8H2,1-5H3,(H,12,13). The monoisotopic (exact) mass is 185 g/mol. The highest BCUT2D eigenvalue weighted by Gasteiger charge is 2.20. The maximum Gasteiger partial charge on any atom is 0.219 e. The van der Waals surface area contributed by atoms with Crippen LogP contribution >= 0.6 is 0 Å². The molecule has 0 radical (unpaired) electrons. The van der Waals surface area contributed by atoms with Gasteiger partial charge in [0.2, 0.25) is 5.91 Å². The predicted octanol–water partition coefficient (Wildman–Crippen LogP) is 2.58. The summed E-state index contributed by atoms with van der Waals surface area (Å²) in [6.45, 7) is 8.91. The summed E-state index contributed by atoms with van der Waals surface area (Å²) in [5.41, 5.74) is 0.292. The van der Waals surface area contributed by atoms with Crippen LogP contribution in [0.25, 0.3) is 0 Å². The number of carbonyl (C=O) groups is 1. The van der Waals surface area contributed by atoms with Crippen molar-refractivity contribution in [2.24, 2.45) is 11.3 Å². The van der Waals surface area contributed by atoms with Crippen LogP contribution in [-0.2, 0) is 4.79 Å². The van der Waals surface area contributed by atoms with Crippen molar-refractivity contribution >= 4 is 5.91 Å². The first-order chi connectivity index (χ1) is 5.87. The average molecular weight is 185 g/mol. The lowest BCUT2D eigenvalue weighted by atomic mass is 9.80. The van der Waals surface area contributed by atoms with Crippen molar-refractivity contribution in [1.29, 1.82) is 0 Å². The van der Waals surface area contributed by atoms with Crippen LogP contribution in [0.2, 0.25) is 0 Å². The second-order valence-electron chi connectivity index (χ2n) is 4.94. The van der Waals surface area contributed by atoms with Crippen molar-refractivity contribution in [3.63, 3.8) is 0 Å². The zero-order valence-electron chi connectivity index (χ0n) is 9.61. The Bertz CT molecular complexity index is 161. The zero-order chi connectivity index (χ0) is 10.5. The molecular formula is C11H23NO. The van der Waals surface area contributed by atoms with Gasteiger partial charge in [-0.2, -0.15) is 0 Å². The summed E-state index contributed by atoms with van der Waals surface area (Å²) >= 11 is 0. The summed E-state index contributed by atoms with van der Waals surface area (Å²) in [5, 5.41) is 2.65. The topological polar surface area (TPSA) is 29.1 Å². The third-order valence-electron chi connectivity index (χ3n) is 2.27. The van der Waals surface area contributed by atoms with Crippen LogP contribution in [0.4, 0.5) is 0 Å². The van der Waals surface area contributed by atoms with Gasteiger partial charge < -0.3 is 5.32 Å². The molecule has 0 rings (SSSR count). The van der Waals surface area contributed by atoms with Gasteiger partial charge in [0.1, 0.15) is 0 Å². The Balaban J connectivity index is 3.81. The SMILES string of the molecule is CNC(=O)CCC(C)(C)CC(C)C. The van der Waals surface area contributed by atoms with Gasteiger partial charge in [-0.25, -0.2) is 0 Å². The molecule has 0 aliphatic rings. The van der Waals surface area contributed by atoms with E-state index in [-0.39, 0.29) is 5.91 Å². The van der Waals surface area contributed by atoms with E-state index in [1.807, 2.05) is 0 Å². The Hall–Kier alpha value is -0.530. The van der Waals surface area contributed by atoms with Crippen molar-refractivity contribution in [3.8, 4) is 0 Å². The first-order valence-corrected chi connectivity index (χ1v) is 5.08. The molecule has 0 bridgehead atoms. The van der Waals surface area contributed by atoms with Gasteiger partial charge >= 0.3 is 0 Å². The Labute approximate surface area is 82.1 Å². The molecule has 0 atom stereocenters. The summed E-state index contributed by atoms with van der Waals surface area (Å²) in [6.07, 6.45) is 2.81. The Kier molecular flexibility index (Phi) is 5.04. The van der Waals surface area contributed by atoms with Crippen LogP contribution < -0.4 is 5.32 Å². The molecule has 0 aromatic heterocycles. The number of carbonyl (C=O) groups excluding carboxylic acids is 1. The predicted molar refractivity (Wildman–Crippen MR) is 56.5 cm³/mol. The first-order valence-electron chi connectivity index (χ1n) is 5.08. The highest BCUT2D eigenvalue weighted by molar-refractivity contribution is 5.75. The second-order valence-corrected chi connectivity index (χ2v) is 4.94. The molecule has 0 unspecified atom stereocenters. The number of hydrogen-bond acceptors (Lipinski definition) is 1. The van der Waals surface area contributed by atoms with Gasteiger partial charge in [0.15, 0.2) is 0 Å². The quantitative estimate of drug-likeness (QED) is 0.701. The minimum Gasteiger partial charge on any atom is -0.359 e. The van der Waals surface area contributed by atoms with Gasteiger partial charge in [-0.1, -0.05) is 27.7 Å². The number of nitrogens with one attached hydrogen (secondary N) is 1. The van der Waals surface area contributed by atoms with Gasteiger partial charge in [-0.15, -0.1) is 0 Å². The van der Waals surface area contributed by atoms with E-state index in [0.717, 1.165) is 6.42 Å². The average Bonchev–Trinajstić information content (AvgIpc) is 1.98. The maximum atomic E-state index is 11.0. The molecule has 0 aliphatic carbocycles. The summed E-state index contributed by atoms with van der Waals surface area (Å²) in [6, 6.07) is 0. The normalized spacial score (nSPS) is 11.8. The Morgan fingerprint density at radius 3 is 2.31 bits per heavy atom. The van der Waals surface area contributed by atoms with Crippen LogP contribution in [0, 0.1) is 11.3 Å². The van der Waals surface area contributed by atoms with Gasteiger partial charge in [-0.3, -0.25) is 4.79 Å². The van der Waals surface area contributed by atoms with E-state index >= 15 is 0 Å². The van der Waals surface area contributed by atoms with E-state index in [0.29, 0.717) is 17.8 Å². The molecule has 2 nitrogen and oxygen atoms in total. The minimum atomic E-state index is 0.150. The van der Waals surface area contributed by atoms with Crippen molar-refractivity contribution in [2.75, 3.05) is 7.05 Å².